The molecule has 0 fully saturated rings. The Labute approximate surface area is 118 Å². The van der Waals surface area contributed by atoms with Crippen molar-refractivity contribution in [2.45, 2.75) is 51.9 Å². The Morgan fingerprint density at radius 2 is 1.90 bits per heavy atom. The van der Waals surface area contributed by atoms with Crippen molar-refractivity contribution in [3.8, 4) is 5.75 Å². The van der Waals surface area contributed by atoms with E-state index in [0.29, 0.717) is 6.04 Å². The number of hydrogen-bond acceptors (Lipinski definition) is 2. The fourth-order valence-electron chi connectivity index (χ4n) is 2.42. The summed E-state index contributed by atoms with van der Waals surface area (Å²) < 4.78 is 40.7. The molecule has 0 aliphatic heterocycles. The van der Waals surface area contributed by atoms with Gasteiger partial charge in [0.1, 0.15) is 5.75 Å². The molecule has 20 heavy (non-hydrogen) atoms. The molecule has 1 N–H and O–H groups in total. The van der Waals surface area contributed by atoms with Crippen molar-refractivity contribution in [1.29, 1.82) is 0 Å². The van der Waals surface area contributed by atoms with Gasteiger partial charge in [0.2, 0.25) is 0 Å². The lowest BCUT2D eigenvalue weighted by atomic mass is 9.79. The average molecular weight is 289 g/mol. The molecule has 1 atom stereocenters. The molecule has 1 rings (SSSR count). The highest BCUT2D eigenvalue weighted by Crippen LogP contribution is 2.32. The molecule has 0 saturated carbocycles. The standard InChI is InChI=1S/C15H22F3NO/c1-5-19-11(2)10-14(3,4)12-7-6-8-13(9-12)20-15(16,17)18/h6-9,11,19H,5,10H2,1-4H3. The van der Waals surface area contributed by atoms with Crippen molar-refractivity contribution in [2.24, 2.45) is 0 Å². The molecule has 0 aliphatic carbocycles. The molecule has 0 amide bonds. The highest BCUT2D eigenvalue weighted by Gasteiger charge is 2.32. The van der Waals surface area contributed by atoms with E-state index >= 15 is 0 Å². The summed E-state index contributed by atoms with van der Waals surface area (Å²) in [6.45, 7) is 9.01. The summed E-state index contributed by atoms with van der Waals surface area (Å²) in [5.74, 6) is -0.167. The molecular weight excluding hydrogens is 267 g/mol. The maximum Gasteiger partial charge on any atom is 0.573 e. The normalized spacial score (nSPS) is 14.2. The van der Waals surface area contributed by atoms with Crippen LogP contribution in [0, 0.1) is 0 Å². The lowest BCUT2D eigenvalue weighted by Crippen LogP contribution is -2.33. The molecule has 1 aromatic rings. The van der Waals surface area contributed by atoms with Crippen molar-refractivity contribution in [3.63, 3.8) is 0 Å². The minimum Gasteiger partial charge on any atom is -0.406 e. The van der Waals surface area contributed by atoms with E-state index in [1.165, 1.54) is 12.1 Å². The van der Waals surface area contributed by atoms with E-state index in [-0.39, 0.29) is 11.2 Å². The van der Waals surface area contributed by atoms with Crippen LogP contribution in [0.25, 0.3) is 0 Å². The van der Waals surface area contributed by atoms with E-state index in [9.17, 15) is 13.2 Å². The van der Waals surface area contributed by atoms with Gasteiger partial charge < -0.3 is 10.1 Å². The van der Waals surface area contributed by atoms with Crippen molar-refractivity contribution >= 4 is 0 Å². The fraction of sp³-hybridized carbons (Fsp3) is 0.600. The van der Waals surface area contributed by atoms with Crippen LogP contribution in [0.4, 0.5) is 13.2 Å². The number of alkyl halides is 3. The van der Waals surface area contributed by atoms with Crippen LogP contribution in [0.2, 0.25) is 0 Å². The topological polar surface area (TPSA) is 21.3 Å². The molecule has 0 radical (unpaired) electrons. The molecule has 0 aliphatic rings. The molecule has 0 bridgehead atoms. The smallest absolute Gasteiger partial charge is 0.406 e. The highest BCUT2D eigenvalue weighted by atomic mass is 19.4. The first-order valence-electron chi connectivity index (χ1n) is 6.74. The van der Waals surface area contributed by atoms with Gasteiger partial charge in [-0.05, 0) is 43.0 Å². The zero-order chi connectivity index (χ0) is 15.4. The van der Waals surface area contributed by atoms with Gasteiger partial charge in [-0.2, -0.15) is 0 Å². The quantitative estimate of drug-likeness (QED) is 0.845. The minimum absolute atomic E-state index is 0.167. The van der Waals surface area contributed by atoms with Gasteiger partial charge in [-0.3, -0.25) is 0 Å². The Bertz CT molecular complexity index is 429. The third-order valence-corrected chi connectivity index (χ3v) is 3.22. The molecule has 114 valence electrons. The second-order valence-corrected chi connectivity index (χ2v) is 5.62. The lowest BCUT2D eigenvalue weighted by molar-refractivity contribution is -0.274. The second-order valence-electron chi connectivity index (χ2n) is 5.62. The molecule has 1 unspecified atom stereocenters. The monoisotopic (exact) mass is 289 g/mol. The van der Waals surface area contributed by atoms with Crippen LogP contribution >= 0.6 is 0 Å². The molecule has 0 aromatic heterocycles. The minimum atomic E-state index is -4.65. The van der Waals surface area contributed by atoms with Gasteiger partial charge in [0, 0.05) is 6.04 Å². The summed E-state index contributed by atoms with van der Waals surface area (Å²) in [7, 11) is 0. The van der Waals surface area contributed by atoms with Crippen LogP contribution in [0.5, 0.6) is 5.75 Å². The largest absolute Gasteiger partial charge is 0.573 e. The maximum atomic E-state index is 12.2. The average Bonchev–Trinajstić information content (AvgIpc) is 2.26. The Morgan fingerprint density at radius 3 is 2.45 bits per heavy atom. The number of hydrogen-bond donors (Lipinski definition) is 1. The summed E-state index contributed by atoms with van der Waals surface area (Å²) in [5.41, 5.74) is 0.607. The molecule has 0 spiro atoms. The van der Waals surface area contributed by atoms with Gasteiger partial charge in [-0.1, -0.05) is 32.9 Å². The number of rotatable bonds is 6. The van der Waals surface area contributed by atoms with Crippen LogP contribution in [0.1, 0.15) is 39.7 Å². The first-order valence-corrected chi connectivity index (χ1v) is 6.74. The third kappa shape index (κ3) is 5.41. The Balaban J connectivity index is 2.86. The molecular formula is C15H22F3NO. The summed E-state index contributed by atoms with van der Waals surface area (Å²) >= 11 is 0. The Hall–Kier alpha value is -1.23. The van der Waals surface area contributed by atoms with Crippen LogP contribution in [0.3, 0.4) is 0 Å². The van der Waals surface area contributed by atoms with E-state index in [1.807, 2.05) is 26.8 Å². The molecule has 1 aromatic carbocycles. The summed E-state index contributed by atoms with van der Waals surface area (Å²) in [6, 6.07) is 6.51. The van der Waals surface area contributed by atoms with Crippen LogP contribution in [-0.2, 0) is 5.41 Å². The van der Waals surface area contributed by atoms with Crippen LogP contribution in [0.15, 0.2) is 24.3 Å². The van der Waals surface area contributed by atoms with Gasteiger partial charge in [-0.15, -0.1) is 13.2 Å². The van der Waals surface area contributed by atoms with Crippen molar-refractivity contribution in [1.82, 2.24) is 5.32 Å². The van der Waals surface area contributed by atoms with Crippen LogP contribution in [-0.4, -0.2) is 18.9 Å². The fourth-order valence-corrected chi connectivity index (χ4v) is 2.42. The lowest BCUT2D eigenvalue weighted by Gasteiger charge is -2.29. The Kier molecular flexibility index (Phi) is 5.45. The van der Waals surface area contributed by atoms with Crippen molar-refractivity contribution in [2.75, 3.05) is 6.54 Å². The number of halogens is 3. The summed E-state index contributed by atoms with van der Waals surface area (Å²) in [6.07, 6.45) is -3.82. The van der Waals surface area contributed by atoms with Crippen molar-refractivity contribution in [3.05, 3.63) is 29.8 Å². The highest BCUT2D eigenvalue weighted by molar-refractivity contribution is 5.33. The second kappa shape index (κ2) is 6.48. The van der Waals surface area contributed by atoms with Crippen LogP contribution < -0.4 is 10.1 Å². The predicted molar refractivity (Wildman–Crippen MR) is 73.9 cm³/mol. The first-order chi connectivity index (χ1) is 9.14. The van der Waals surface area contributed by atoms with Gasteiger partial charge in [0.15, 0.2) is 0 Å². The zero-order valence-corrected chi connectivity index (χ0v) is 12.3. The van der Waals surface area contributed by atoms with E-state index in [0.717, 1.165) is 18.5 Å². The summed E-state index contributed by atoms with van der Waals surface area (Å²) in [5, 5.41) is 3.31. The first kappa shape index (κ1) is 16.8. The molecule has 5 heteroatoms. The number of ether oxygens (including phenoxy) is 1. The van der Waals surface area contributed by atoms with Gasteiger partial charge in [0.25, 0.3) is 0 Å². The number of benzene rings is 1. The van der Waals surface area contributed by atoms with E-state index < -0.39 is 6.36 Å². The molecule has 2 nitrogen and oxygen atoms in total. The van der Waals surface area contributed by atoms with Crippen molar-refractivity contribution < 1.29 is 17.9 Å². The zero-order valence-electron chi connectivity index (χ0n) is 12.3. The SMILES string of the molecule is CCNC(C)CC(C)(C)c1cccc(OC(F)(F)F)c1. The van der Waals surface area contributed by atoms with E-state index in [1.54, 1.807) is 6.07 Å². The van der Waals surface area contributed by atoms with E-state index in [4.69, 9.17) is 0 Å². The number of nitrogens with one attached hydrogen (secondary N) is 1. The molecule has 0 saturated heterocycles. The van der Waals surface area contributed by atoms with Gasteiger partial charge in [-0.25, -0.2) is 0 Å². The van der Waals surface area contributed by atoms with Gasteiger partial charge >= 0.3 is 6.36 Å². The Morgan fingerprint density at radius 1 is 1.25 bits per heavy atom. The van der Waals surface area contributed by atoms with E-state index in [2.05, 4.69) is 17.0 Å². The predicted octanol–water partition coefficient (Wildman–Crippen LogP) is 4.25. The third-order valence-electron chi connectivity index (χ3n) is 3.22. The maximum absolute atomic E-state index is 12.2. The van der Waals surface area contributed by atoms with Gasteiger partial charge in [0.05, 0.1) is 0 Å². The summed E-state index contributed by atoms with van der Waals surface area (Å²) in [4.78, 5) is 0. The molecule has 0 heterocycles.